The SMILES string of the molecule is C=C(C(=O)OC)c1ccccc1NCc1cccc(CCCO)c1. The summed E-state index contributed by atoms with van der Waals surface area (Å²) >= 11 is 0. The van der Waals surface area contributed by atoms with Gasteiger partial charge in [0.25, 0.3) is 0 Å². The van der Waals surface area contributed by atoms with Crippen molar-refractivity contribution < 1.29 is 14.6 Å². The van der Waals surface area contributed by atoms with E-state index < -0.39 is 5.97 Å². The van der Waals surface area contributed by atoms with Gasteiger partial charge in [-0.05, 0) is 30.0 Å². The zero-order chi connectivity index (χ0) is 17.4. The summed E-state index contributed by atoms with van der Waals surface area (Å²) in [7, 11) is 1.35. The van der Waals surface area contributed by atoms with Crippen molar-refractivity contribution in [1.82, 2.24) is 0 Å². The Morgan fingerprint density at radius 2 is 1.92 bits per heavy atom. The molecule has 4 heteroatoms. The van der Waals surface area contributed by atoms with E-state index in [9.17, 15) is 4.79 Å². The molecule has 0 spiro atoms. The highest BCUT2D eigenvalue weighted by atomic mass is 16.5. The Balaban J connectivity index is 2.10. The number of nitrogens with one attached hydrogen (secondary N) is 1. The lowest BCUT2D eigenvalue weighted by Crippen LogP contribution is -2.07. The maximum Gasteiger partial charge on any atom is 0.337 e. The van der Waals surface area contributed by atoms with Gasteiger partial charge in [0.15, 0.2) is 0 Å². The summed E-state index contributed by atoms with van der Waals surface area (Å²) < 4.78 is 4.75. The van der Waals surface area contributed by atoms with Gasteiger partial charge in [-0.2, -0.15) is 0 Å². The van der Waals surface area contributed by atoms with Gasteiger partial charge in [0.05, 0.1) is 12.7 Å². The minimum absolute atomic E-state index is 0.200. The molecule has 0 fully saturated rings. The van der Waals surface area contributed by atoms with E-state index in [1.807, 2.05) is 36.4 Å². The maximum atomic E-state index is 11.7. The predicted molar refractivity (Wildman–Crippen MR) is 96.7 cm³/mol. The van der Waals surface area contributed by atoms with Crippen molar-refractivity contribution in [3.63, 3.8) is 0 Å². The number of rotatable bonds is 8. The Morgan fingerprint density at radius 3 is 2.67 bits per heavy atom. The van der Waals surface area contributed by atoms with Crippen molar-refractivity contribution in [2.24, 2.45) is 0 Å². The highest BCUT2D eigenvalue weighted by Gasteiger charge is 2.13. The number of hydrogen-bond donors (Lipinski definition) is 2. The number of carbonyl (C=O) groups is 1. The van der Waals surface area contributed by atoms with E-state index in [4.69, 9.17) is 9.84 Å². The van der Waals surface area contributed by atoms with Crippen LogP contribution in [-0.2, 0) is 22.5 Å². The molecular formula is C20H23NO3. The molecule has 0 unspecified atom stereocenters. The number of para-hydroxylation sites is 1. The first-order chi connectivity index (χ1) is 11.7. The molecule has 2 aromatic rings. The molecule has 0 amide bonds. The highest BCUT2D eigenvalue weighted by Crippen LogP contribution is 2.24. The number of ether oxygens (including phenoxy) is 1. The number of methoxy groups -OCH3 is 1. The third-order valence-corrected chi connectivity index (χ3v) is 3.78. The van der Waals surface area contributed by atoms with E-state index in [-0.39, 0.29) is 6.61 Å². The van der Waals surface area contributed by atoms with Gasteiger partial charge < -0.3 is 15.2 Å². The van der Waals surface area contributed by atoms with Gasteiger partial charge in [-0.3, -0.25) is 0 Å². The van der Waals surface area contributed by atoms with Crippen molar-refractivity contribution in [1.29, 1.82) is 0 Å². The number of hydrogen-bond acceptors (Lipinski definition) is 4. The molecule has 2 aromatic carbocycles. The number of esters is 1. The van der Waals surface area contributed by atoms with Crippen molar-refractivity contribution in [2.45, 2.75) is 19.4 Å². The first kappa shape index (κ1) is 17.8. The molecule has 126 valence electrons. The summed E-state index contributed by atoms with van der Waals surface area (Å²) in [5.74, 6) is -0.435. The number of benzene rings is 2. The van der Waals surface area contributed by atoms with Crippen LogP contribution in [0.3, 0.4) is 0 Å². The average Bonchev–Trinajstić information content (AvgIpc) is 2.64. The second-order valence-corrected chi connectivity index (χ2v) is 5.52. The average molecular weight is 325 g/mol. The van der Waals surface area contributed by atoms with Crippen LogP contribution in [0, 0.1) is 0 Å². The van der Waals surface area contributed by atoms with E-state index in [2.05, 4.69) is 24.0 Å². The van der Waals surface area contributed by atoms with Crippen LogP contribution in [0.2, 0.25) is 0 Å². The minimum Gasteiger partial charge on any atom is -0.465 e. The van der Waals surface area contributed by atoms with Crippen molar-refractivity contribution in [3.05, 3.63) is 71.8 Å². The smallest absolute Gasteiger partial charge is 0.337 e. The lowest BCUT2D eigenvalue weighted by Gasteiger charge is -2.13. The quantitative estimate of drug-likeness (QED) is 0.577. The summed E-state index contributed by atoms with van der Waals surface area (Å²) in [5, 5.41) is 12.3. The van der Waals surface area contributed by atoms with Gasteiger partial charge in [-0.1, -0.05) is 49.0 Å². The molecule has 0 aliphatic carbocycles. The lowest BCUT2D eigenvalue weighted by molar-refractivity contribution is -0.133. The van der Waals surface area contributed by atoms with E-state index in [0.29, 0.717) is 12.1 Å². The van der Waals surface area contributed by atoms with Crippen LogP contribution in [0.1, 0.15) is 23.1 Å². The van der Waals surface area contributed by atoms with Crippen LogP contribution in [0.4, 0.5) is 5.69 Å². The van der Waals surface area contributed by atoms with Crippen LogP contribution in [0.5, 0.6) is 0 Å². The van der Waals surface area contributed by atoms with Crippen LogP contribution in [0.25, 0.3) is 5.57 Å². The molecule has 0 heterocycles. The summed E-state index contributed by atoms with van der Waals surface area (Å²) in [6.45, 7) is 4.66. The number of aryl methyl sites for hydroxylation is 1. The van der Waals surface area contributed by atoms with E-state index in [1.165, 1.54) is 12.7 Å². The predicted octanol–water partition coefficient (Wildman–Crippen LogP) is 3.41. The Morgan fingerprint density at radius 1 is 1.17 bits per heavy atom. The summed E-state index contributed by atoms with van der Waals surface area (Å²) in [5.41, 5.74) is 4.26. The maximum absolute atomic E-state index is 11.7. The van der Waals surface area contributed by atoms with Crippen molar-refractivity contribution >= 4 is 17.2 Å². The fourth-order valence-electron chi connectivity index (χ4n) is 2.51. The fourth-order valence-corrected chi connectivity index (χ4v) is 2.51. The molecule has 0 aromatic heterocycles. The molecular weight excluding hydrogens is 302 g/mol. The van der Waals surface area contributed by atoms with Crippen molar-refractivity contribution in [2.75, 3.05) is 19.0 Å². The van der Waals surface area contributed by atoms with Crippen LogP contribution < -0.4 is 5.32 Å². The van der Waals surface area contributed by atoms with Gasteiger partial charge >= 0.3 is 5.97 Å². The third kappa shape index (κ3) is 4.70. The third-order valence-electron chi connectivity index (χ3n) is 3.78. The van der Waals surface area contributed by atoms with Gasteiger partial charge in [0.1, 0.15) is 0 Å². The van der Waals surface area contributed by atoms with Gasteiger partial charge in [0.2, 0.25) is 0 Å². The van der Waals surface area contributed by atoms with Crippen LogP contribution in [0.15, 0.2) is 55.1 Å². The molecule has 2 rings (SSSR count). The number of carbonyl (C=O) groups excluding carboxylic acids is 1. The molecule has 0 aliphatic rings. The molecule has 2 N–H and O–H groups in total. The molecule has 0 aliphatic heterocycles. The molecule has 0 bridgehead atoms. The monoisotopic (exact) mass is 325 g/mol. The molecule has 4 nitrogen and oxygen atoms in total. The largest absolute Gasteiger partial charge is 0.465 e. The van der Waals surface area contributed by atoms with E-state index >= 15 is 0 Å². The fraction of sp³-hybridized carbons (Fsp3) is 0.250. The Labute approximate surface area is 142 Å². The molecule has 0 saturated carbocycles. The number of aliphatic hydroxyl groups excluding tert-OH is 1. The minimum atomic E-state index is -0.435. The zero-order valence-corrected chi connectivity index (χ0v) is 13.9. The number of anilines is 1. The second-order valence-electron chi connectivity index (χ2n) is 5.52. The Hall–Kier alpha value is -2.59. The molecule has 0 saturated heterocycles. The van der Waals surface area contributed by atoms with Gasteiger partial charge in [-0.15, -0.1) is 0 Å². The van der Waals surface area contributed by atoms with Crippen molar-refractivity contribution in [3.8, 4) is 0 Å². The van der Waals surface area contributed by atoms with E-state index in [1.54, 1.807) is 0 Å². The molecule has 0 atom stereocenters. The lowest BCUT2D eigenvalue weighted by atomic mass is 10.0. The first-order valence-electron chi connectivity index (χ1n) is 7.95. The van der Waals surface area contributed by atoms with Gasteiger partial charge in [0, 0.05) is 24.4 Å². The summed E-state index contributed by atoms with van der Waals surface area (Å²) in [6, 6.07) is 15.8. The number of aliphatic hydroxyl groups is 1. The zero-order valence-electron chi connectivity index (χ0n) is 13.9. The molecule has 24 heavy (non-hydrogen) atoms. The van der Waals surface area contributed by atoms with Gasteiger partial charge in [-0.25, -0.2) is 4.79 Å². The first-order valence-corrected chi connectivity index (χ1v) is 7.95. The Bertz CT molecular complexity index is 710. The summed E-state index contributed by atoms with van der Waals surface area (Å²) in [6.07, 6.45) is 1.62. The molecule has 0 radical (unpaired) electrons. The normalized spacial score (nSPS) is 10.2. The summed E-state index contributed by atoms with van der Waals surface area (Å²) in [4.78, 5) is 11.7. The topological polar surface area (TPSA) is 58.6 Å². The van der Waals surface area contributed by atoms with Crippen LogP contribution in [-0.4, -0.2) is 24.8 Å². The standard InChI is InChI=1S/C20H23NO3/c1-15(20(23)24-2)18-10-3-4-11-19(18)21-14-17-8-5-7-16(13-17)9-6-12-22/h3-5,7-8,10-11,13,21-22H,1,6,9,12,14H2,2H3. The highest BCUT2D eigenvalue weighted by molar-refractivity contribution is 6.17. The Kier molecular flexibility index (Phi) is 6.58. The van der Waals surface area contributed by atoms with Crippen LogP contribution >= 0.6 is 0 Å². The second kappa shape index (κ2) is 8.89. The van der Waals surface area contributed by atoms with E-state index in [0.717, 1.165) is 29.7 Å².